The second-order valence-electron chi connectivity index (χ2n) is 5.41. The van der Waals surface area contributed by atoms with Gasteiger partial charge in [-0.2, -0.15) is 0 Å². The number of aliphatic carboxylic acids is 1. The number of likely N-dealkylation sites (tertiary alicyclic amines) is 1. The van der Waals surface area contributed by atoms with Gasteiger partial charge in [0.05, 0.1) is 0 Å². The van der Waals surface area contributed by atoms with E-state index in [2.05, 4.69) is 12.2 Å². The van der Waals surface area contributed by atoms with E-state index in [1.807, 2.05) is 6.92 Å². The van der Waals surface area contributed by atoms with E-state index in [1.54, 1.807) is 4.90 Å². The zero-order valence-corrected chi connectivity index (χ0v) is 11.0. The van der Waals surface area contributed by atoms with Crippen molar-refractivity contribution in [1.82, 2.24) is 10.2 Å². The molecule has 0 aromatic heterocycles. The molecule has 0 aliphatic carbocycles. The van der Waals surface area contributed by atoms with Gasteiger partial charge in [0.1, 0.15) is 5.54 Å². The maximum Gasteiger partial charge on any atom is 0.328 e. The Kier molecular flexibility index (Phi) is 4.01. The van der Waals surface area contributed by atoms with Gasteiger partial charge in [-0.25, -0.2) is 9.59 Å². The van der Waals surface area contributed by atoms with E-state index in [-0.39, 0.29) is 12.1 Å². The molecule has 0 spiro atoms. The Bertz CT molecular complexity index is 315. The third kappa shape index (κ3) is 3.11. The predicted molar refractivity (Wildman–Crippen MR) is 64.8 cm³/mol. The molecule has 0 radical (unpaired) electrons. The van der Waals surface area contributed by atoms with Crippen LogP contribution >= 0.6 is 0 Å². The molecule has 1 heterocycles. The molecule has 1 aliphatic heterocycles. The molecule has 1 rings (SSSR count). The molecule has 5 nitrogen and oxygen atoms in total. The predicted octanol–water partition coefficient (Wildman–Crippen LogP) is 1.68. The van der Waals surface area contributed by atoms with Crippen molar-refractivity contribution in [2.75, 3.05) is 6.54 Å². The van der Waals surface area contributed by atoms with Crippen LogP contribution in [-0.2, 0) is 4.79 Å². The van der Waals surface area contributed by atoms with Gasteiger partial charge >= 0.3 is 12.0 Å². The Morgan fingerprint density at radius 1 is 1.35 bits per heavy atom. The van der Waals surface area contributed by atoms with Crippen molar-refractivity contribution in [3.05, 3.63) is 0 Å². The molecule has 98 valence electrons. The minimum atomic E-state index is -1.22. The monoisotopic (exact) mass is 242 g/mol. The number of amides is 2. The lowest BCUT2D eigenvalue weighted by atomic mass is 9.92. The fourth-order valence-electron chi connectivity index (χ4n) is 2.01. The van der Waals surface area contributed by atoms with Gasteiger partial charge in [-0.15, -0.1) is 0 Å². The van der Waals surface area contributed by atoms with Gasteiger partial charge in [0.25, 0.3) is 0 Å². The molecule has 1 fully saturated rings. The van der Waals surface area contributed by atoms with Crippen LogP contribution in [0.1, 0.15) is 40.5 Å². The van der Waals surface area contributed by atoms with Crippen LogP contribution in [0.15, 0.2) is 0 Å². The first kappa shape index (κ1) is 13.8. The maximum absolute atomic E-state index is 12.0. The highest BCUT2D eigenvalue weighted by atomic mass is 16.4. The summed E-state index contributed by atoms with van der Waals surface area (Å²) in [5.74, 6) is -0.564. The molecule has 2 unspecified atom stereocenters. The summed E-state index contributed by atoms with van der Waals surface area (Å²) in [6.45, 7) is 7.81. The zero-order chi connectivity index (χ0) is 13.2. The molecular formula is C12H22N2O3. The minimum Gasteiger partial charge on any atom is -0.480 e. The molecule has 1 saturated heterocycles. The van der Waals surface area contributed by atoms with Crippen molar-refractivity contribution in [2.45, 2.75) is 52.1 Å². The molecule has 17 heavy (non-hydrogen) atoms. The number of urea groups is 1. The van der Waals surface area contributed by atoms with Crippen LogP contribution in [0.3, 0.4) is 0 Å². The number of carboxylic acid groups (broad SMARTS) is 1. The number of rotatable bonds is 2. The smallest absolute Gasteiger partial charge is 0.328 e. The highest BCUT2D eigenvalue weighted by Crippen LogP contribution is 2.23. The van der Waals surface area contributed by atoms with Gasteiger partial charge in [0, 0.05) is 12.6 Å². The Morgan fingerprint density at radius 2 is 1.94 bits per heavy atom. The van der Waals surface area contributed by atoms with Crippen LogP contribution in [0, 0.1) is 5.92 Å². The SMILES string of the molecule is CC1CCCN(C(=O)NC(C)(C)C(=O)O)C1C. The fourth-order valence-corrected chi connectivity index (χ4v) is 2.01. The Labute approximate surface area is 102 Å². The second kappa shape index (κ2) is 4.94. The summed E-state index contributed by atoms with van der Waals surface area (Å²) in [5.41, 5.74) is -1.22. The largest absolute Gasteiger partial charge is 0.480 e. The highest BCUT2D eigenvalue weighted by molar-refractivity contribution is 5.85. The van der Waals surface area contributed by atoms with Crippen molar-refractivity contribution in [2.24, 2.45) is 5.92 Å². The molecule has 1 aliphatic rings. The summed E-state index contributed by atoms with van der Waals surface area (Å²) in [5, 5.41) is 11.5. The van der Waals surface area contributed by atoms with E-state index in [0.717, 1.165) is 12.8 Å². The molecule has 0 aromatic rings. The first-order valence-electron chi connectivity index (χ1n) is 6.08. The number of nitrogens with zero attached hydrogens (tertiary/aromatic N) is 1. The van der Waals surface area contributed by atoms with Crippen molar-refractivity contribution >= 4 is 12.0 Å². The van der Waals surface area contributed by atoms with Gasteiger partial charge < -0.3 is 15.3 Å². The summed E-state index contributed by atoms with van der Waals surface area (Å²) in [6.07, 6.45) is 2.10. The number of hydrogen-bond donors (Lipinski definition) is 2. The standard InChI is InChI=1S/C12H22N2O3/c1-8-6-5-7-14(9(8)2)11(17)13-12(3,4)10(15)16/h8-9H,5-7H2,1-4H3,(H,13,17)(H,15,16). The average Bonchev–Trinajstić information content (AvgIpc) is 2.21. The number of carbonyl (C=O) groups is 2. The van der Waals surface area contributed by atoms with Gasteiger partial charge in [-0.05, 0) is 39.5 Å². The fraction of sp³-hybridized carbons (Fsp3) is 0.833. The van der Waals surface area contributed by atoms with Gasteiger partial charge in [0.2, 0.25) is 0 Å². The maximum atomic E-state index is 12.0. The third-order valence-electron chi connectivity index (χ3n) is 3.59. The van der Waals surface area contributed by atoms with E-state index in [9.17, 15) is 9.59 Å². The Hall–Kier alpha value is -1.26. The van der Waals surface area contributed by atoms with Crippen LogP contribution in [-0.4, -0.2) is 40.1 Å². The van der Waals surface area contributed by atoms with Crippen molar-refractivity contribution in [1.29, 1.82) is 0 Å². The first-order valence-corrected chi connectivity index (χ1v) is 6.08. The van der Waals surface area contributed by atoms with Crippen LogP contribution in [0.5, 0.6) is 0 Å². The lowest BCUT2D eigenvalue weighted by Crippen LogP contribution is -2.57. The van der Waals surface area contributed by atoms with Gasteiger partial charge in [-0.3, -0.25) is 0 Å². The number of hydrogen-bond acceptors (Lipinski definition) is 2. The molecule has 2 atom stereocenters. The lowest BCUT2D eigenvalue weighted by Gasteiger charge is -2.39. The van der Waals surface area contributed by atoms with Crippen LogP contribution in [0.4, 0.5) is 4.79 Å². The normalized spacial score (nSPS) is 25.5. The van der Waals surface area contributed by atoms with Crippen molar-refractivity contribution in [3.63, 3.8) is 0 Å². The Morgan fingerprint density at radius 3 is 2.47 bits per heavy atom. The second-order valence-corrected chi connectivity index (χ2v) is 5.41. The molecular weight excluding hydrogens is 220 g/mol. The van der Waals surface area contributed by atoms with Crippen molar-refractivity contribution < 1.29 is 14.7 Å². The molecule has 5 heteroatoms. The average molecular weight is 242 g/mol. The first-order chi connectivity index (χ1) is 7.75. The number of piperidine rings is 1. The molecule has 0 saturated carbocycles. The topological polar surface area (TPSA) is 69.6 Å². The molecule has 0 bridgehead atoms. The zero-order valence-electron chi connectivity index (χ0n) is 11.0. The van der Waals surface area contributed by atoms with Crippen LogP contribution in [0.25, 0.3) is 0 Å². The van der Waals surface area contributed by atoms with Crippen molar-refractivity contribution in [3.8, 4) is 0 Å². The van der Waals surface area contributed by atoms with E-state index in [4.69, 9.17) is 5.11 Å². The van der Waals surface area contributed by atoms with E-state index in [1.165, 1.54) is 13.8 Å². The van der Waals surface area contributed by atoms with E-state index < -0.39 is 11.5 Å². The summed E-state index contributed by atoms with van der Waals surface area (Å²) in [4.78, 5) is 24.7. The summed E-state index contributed by atoms with van der Waals surface area (Å²) < 4.78 is 0. The van der Waals surface area contributed by atoms with Gasteiger partial charge in [0.15, 0.2) is 0 Å². The quantitative estimate of drug-likeness (QED) is 0.774. The molecule has 2 amide bonds. The third-order valence-corrected chi connectivity index (χ3v) is 3.59. The van der Waals surface area contributed by atoms with Gasteiger partial charge in [-0.1, -0.05) is 6.92 Å². The van der Waals surface area contributed by atoms with E-state index >= 15 is 0 Å². The number of nitrogens with one attached hydrogen (secondary N) is 1. The van der Waals surface area contributed by atoms with Crippen LogP contribution in [0.2, 0.25) is 0 Å². The summed E-state index contributed by atoms with van der Waals surface area (Å²) in [6, 6.07) is -0.121. The lowest BCUT2D eigenvalue weighted by molar-refractivity contribution is -0.143. The minimum absolute atomic E-state index is 0.161. The number of carboxylic acids is 1. The molecule has 0 aromatic carbocycles. The summed E-state index contributed by atoms with van der Waals surface area (Å²) in [7, 11) is 0. The molecule has 2 N–H and O–H groups in total. The van der Waals surface area contributed by atoms with Crippen LogP contribution < -0.4 is 5.32 Å². The Balaban J connectivity index is 2.67. The summed E-state index contributed by atoms with van der Waals surface area (Å²) >= 11 is 0. The number of carbonyl (C=O) groups excluding carboxylic acids is 1. The van der Waals surface area contributed by atoms with E-state index in [0.29, 0.717) is 12.5 Å². The highest BCUT2D eigenvalue weighted by Gasteiger charge is 2.34.